The van der Waals surface area contributed by atoms with Crippen LogP contribution in [-0.2, 0) is 14.8 Å². The zero-order chi connectivity index (χ0) is 25.5. The Bertz CT molecular complexity index is 1420. The van der Waals surface area contributed by atoms with Gasteiger partial charge in [0.25, 0.3) is 0 Å². The second kappa shape index (κ2) is 11.1. The molecule has 0 aliphatic heterocycles. The Morgan fingerprint density at radius 3 is 2.22 bits per heavy atom. The number of benzene rings is 4. The summed E-state index contributed by atoms with van der Waals surface area (Å²) in [4.78, 5) is 12.8. The van der Waals surface area contributed by atoms with E-state index in [2.05, 4.69) is 5.32 Å². The highest BCUT2D eigenvalue weighted by Crippen LogP contribution is 2.27. The van der Waals surface area contributed by atoms with Gasteiger partial charge in [-0.25, -0.2) is 8.42 Å². The molecule has 0 aliphatic rings. The van der Waals surface area contributed by atoms with Crippen molar-refractivity contribution in [2.45, 2.75) is 13.0 Å². The standard InChI is InChI=1S/C28H28N2O5S/c1-21(28(31)29-19-20-34-27-14-8-10-22-9-6-7-13-26(22)27)30(36(2,32)33)23-15-17-25(18-16-23)35-24-11-4-3-5-12-24/h3-18,21H,19-20H2,1-2H3,(H,29,31). The van der Waals surface area contributed by atoms with E-state index in [0.717, 1.165) is 27.1 Å². The Labute approximate surface area is 211 Å². The van der Waals surface area contributed by atoms with Gasteiger partial charge in [-0.3, -0.25) is 9.10 Å². The smallest absolute Gasteiger partial charge is 0.243 e. The number of nitrogens with one attached hydrogen (secondary N) is 1. The van der Waals surface area contributed by atoms with Crippen LogP contribution >= 0.6 is 0 Å². The zero-order valence-electron chi connectivity index (χ0n) is 20.1. The van der Waals surface area contributed by atoms with Gasteiger partial charge in [0.15, 0.2) is 0 Å². The number of carbonyl (C=O) groups excluding carboxylic acids is 1. The zero-order valence-corrected chi connectivity index (χ0v) is 20.9. The van der Waals surface area contributed by atoms with Crippen LogP contribution in [0.4, 0.5) is 5.69 Å². The summed E-state index contributed by atoms with van der Waals surface area (Å²) in [7, 11) is -3.73. The van der Waals surface area contributed by atoms with E-state index in [9.17, 15) is 13.2 Å². The van der Waals surface area contributed by atoms with Crippen LogP contribution in [0.15, 0.2) is 97.1 Å². The van der Waals surface area contributed by atoms with Crippen molar-refractivity contribution < 1.29 is 22.7 Å². The molecule has 0 fully saturated rings. The lowest BCUT2D eigenvalue weighted by Gasteiger charge is -2.28. The topological polar surface area (TPSA) is 84.9 Å². The molecular formula is C28H28N2O5S. The molecule has 0 saturated heterocycles. The molecule has 0 saturated carbocycles. The van der Waals surface area contributed by atoms with Crippen LogP contribution < -0.4 is 19.1 Å². The van der Waals surface area contributed by atoms with Crippen molar-refractivity contribution in [1.29, 1.82) is 0 Å². The van der Waals surface area contributed by atoms with E-state index < -0.39 is 22.0 Å². The van der Waals surface area contributed by atoms with Gasteiger partial charge in [0.05, 0.1) is 18.5 Å². The number of para-hydroxylation sites is 1. The minimum absolute atomic E-state index is 0.230. The molecule has 0 aliphatic carbocycles. The summed E-state index contributed by atoms with van der Waals surface area (Å²) < 4.78 is 37.9. The molecule has 8 heteroatoms. The summed E-state index contributed by atoms with van der Waals surface area (Å²) in [5.41, 5.74) is 0.368. The van der Waals surface area contributed by atoms with Crippen LogP contribution in [0.25, 0.3) is 10.8 Å². The van der Waals surface area contributed by atoms with Crippen LogP contribution in [0.3, 0.4) is 0 Å². The van der Waals surface area contributed by atoms with Gasteiger partial charge in [0.1, 0.15) is 29.9 Å². The van der Waals surface area contributed by atoms with E-state index in [4.69, 9.17) is 9.47 Å². The normalized spacial score (nSPS) is 12.1. The first kappa shape index (κ1) is 25.1. The Balaban J connectivity index is 1.38. The first-order valence-electron chi connectivity index (χ1n) is 11.5. The fraction of sp³-hybridized carbons (Fsp3) is 0.179. The third-order valence-corrected chi connectivity index (χ3v) is 6.81. The minimum atomic E-state index is -3.73. The number of rotatable bonds is 10. The van der Waals surface area contributed by atoms with Crippen LogP contribution in [-0.4, -0.2) is 39.8 Å². The highest BCUT2D eigenvalue weighted by atomic mass is 32.2. The lowest BCUT2D eigenvalue weighted by atomic mass is 10.1. The summed E-state index contributed by atoms with van der Waals surface area (Å²) in [6.07, 6.45) is 1.08. The second-order valence-electron chi connectivity index (χ2n) is 8.26. The third kappa shape index (κ3) is 6.14. The maximum absolute atomic E-state index is 12.8. The van der Waals surface area contributed by atoms with Gasteiger partial charge < -0.3 is 14.8 Å². The van der Waals surface area contributed by atoms with E-state index in [1.54, 1.807) is 31.2 Å². The fourth-order valence-corrected chi connectivity index (χ4v) is 5.07. The van der Waals surface area contributed by atoms with Gasteiger partial charge in [-0.1, -0.05) is 54.6 Å². The number of fused-ring (bicyclic) bond motifs is 1. The fourth-order valence-electron chi connectivity index (χ4n) is 3.90. The number of hydrogen-bond donors (Lipinski definition) is 1. The van der Waals surface area contributed by atoms with Crippen molar-refractivity contribution >= 4 is 32.4 Å². The first-order valence-corrected chi connectivity index (χ1v) is 13.4. The highest BCUT2D eigenvalue weighted by Gasteiger charge is 2.29. The van der Waals surface area contributed by atoms with Crippen molar-refractivity contribution in [3.8, 4) is 17.2 Å². The Kier molecular flexibility index (Phi) is 7.75. The van der Waals surface area contributed by atoms with E-state index in [0.29, 0.717) is 17.2 Å². The van der Waals surface area contributed by atoms with Crippen LogP contribution in [0, 0.1) is 0 Å². The summed E-state index contributed by atoms with van der Waals surface area (Å²) in [5.74, 6) is 1.53. The molecule has 4 rings (SSSR count). The molecule has 1 N–H and O–H groups in total. The lowest BCUT2D eigenvalue weighted by molar-refractivity contribution is -0.121. The predicted octanol–water partition coefficient (Wildman–Crippen LogP) is 4.98. The maximum atomic E-state index is 12.8. The number of amides is 1. The average Bonchev–Trinajstić information content (AvgIpc) is 2.87. The van der Waals surface area contributed by atoms with Crippen molar-refractivity contribution in [1.82, 2.24) is 5.32 Å². The molecule has 0 aromatic heterocycles. The molecule has 0 spiro atoms. The molecule has 0 radical (unpaired) electrons. The van der Waals surface area contributed by atoms with Crippen molar-refractivity contribution in [2.24, 2.45) is 0 Å². The minimum Gasteiger partial charge on any atom is -0.491 e. The summed E-state index contributed by atoms with van der Waals surface area (Å²) in [5, 5.41) is 4.83. The second-order valence-corrected chi connectivity index (χ2v) is 10.1. The Hall–Kier alpha value is -4.04. The van der Waals surface area contributed by atoms with Gasteiger partial charge in [0, 0.05) is 5.39 Å². The summed E-state index contributed by atoms with van der Waals surface area (Å²) in [6.45, 7) is 2.03. The van der Waals surface area contributed by atoms with Crippen LogP contribution in [0.1, 0.15) is 6.92 Å². The van der Waals surface area contributed by atoms with Gasteiger partial charge in [0.2, 0.25) is 15.9 Å². The molecule has 1 amide bonds. The molecule has 4 aromatic rings. The quantitative estimate of drug-likeness (QED) is 0.308. The molecule has 4 aromatic carbocycles. The van der Waals surface area contributed by atoms with Crippen molar-refractivity contribution in [2.75, 3.05) is 23.7 Å². The van der Waals surface area contributed by atoms with E-state index in [1.165, 1.54) is 0 Å². The highest BCUT2D eigenvalue weighted by molar-refractivity contribution is 7.92. The van der Waals surface area contributed by atoms with E-state index in [-0.39, 0.29) is 13.2 Å². The van der Waals surface area contributed by atoms with Gasteiger partial charge in [-0.2, -0.15) is 0 Å². The number of sulfonamides is 1. The monoisotopic (exact) mass is 504 g/mol. The van der Waals surface area contributed by atoms with Gasteiger partial charge >= 0.3 is 0 Å². The van der Waals surface area contributed by atoms with Gasteiger partial charge in [-0.15, -0.1) is 0 Å². The van der Waals surface area contributed by atoms with Crippen molar-refractivity contribution in [3.63, 3.8) is 0 Å². The number of hydrogen-bond acceptors (Lipinski definition) is 5. The molecule has 1 atom stereocenters. The number of carbonyl (C=O) groups is 1. The molecule has 7 nitrogen and oxygen atoms in total. The molecule has 36 heavy (non-hydrogen) atoms. The SMILES string of the molecule is CC(C(=O)NCCOc1cccc2ccccc12)N(c1ccc(Oc2ccccc2)cc1)S(C)(=O)=O. The largest absolute Gasteiger partial charge is 0.491 e. The maximum Gasteiger partial charge on any atom is 0.243 e. The average molecular weight is 505 g/mol. The Morgan fingerprint density at radius 1 is 0.861 bits per heavy atom. The first-order chi connectivity index (χ1) is 17.3. The van der Waals surface area contributed by atoms with E-state index >= 15 is 0 Å². The molecule has 0 heterocycles. The van der Waals surface area contributed by atoms with Crippen molar-refractivity contribution in [3.05, 3.63) is 97.1 Å². The third-order valence-electron chi connectivity index (χ3n) is 5.57. The van der Waals surface area contributed by atoms with E-state index in [1.807, 2.05) is 72.8 Å². The van der Waals surface area contributed by atoms with Gasteiger partial charge in [-0.05, 0) is 54.8 Å². The number of nitrogens with zero attached hydrogens (tertiary/aromatic N) is 1. The number of ether oxygens (including phenoxy) is 2. The van der Waals surface area contributed by atoms with Crippen LogP contribution in [0.2, 0.25) is 0 Å². The molecular weight excluding hydrogens is 476 g/mol. The van der Waals surface area contributed by atoms with Crippen LogP contribution in [0.5, 0.6) is 17.2 Å². The molecule has 0 bridgehead atoms. The predicted molar refractivity (Wildman–Crippen MR) is 142 cm³/mol. The summed E-state index contributed by atoms with van der Waals surface area (Å²) >= 11 is 0. The lowest BCUT2D eigenvalue weighted by Crippen LogP contribution is -2.48. The Morgan fingerprint density at radius 2 is 1.50 bits per heavy atom. The number of anilines is 1. The summed E-state index contributed by atoms with van der Waals surface area (Å²) in [6, 6.07) is 28.6. The molecule has 186 valence electrons. The molecule has 1 unspecified atom stereocenters.